The summed E-state index contributed by atoms with van der Waals surface area (Å²) in [4.78, 5) is 0. The number of nitrogens with one attached hydrogen (secondary N) is 1. The van der Waals surface area contributed by atoms with Crippen LogP contribution in [0.5, 0.6) is 0 Å². The van der Waals surface area contributed by atoms with E-state index in [-0.39, 0.29) is 5.41 Å². The summed E-state index contributed by atoms with van der Waals surface area (Å²) in [5, 5.41) is 10.9. The lowest BCUT2D eigenvalue weighted by Crippen LogP contribution is -2.20. The molecule has 0 radical (unpaired) electrons. The monoisotopic (exact) mass is 168 g/mol. The first-order valence-corrected chi connectivity index (χ1v) is 4.07. The van der Waals surface area contributed by atoms with Gasteiger partial charge >= 0.3 is 0 Å². The van der Waals surface area contributed by atoms with Crippen molar-refractivity contribution < 1.29 is 0 Å². The summed E-state index contributed by atoms with van der Waals surface area (Å²) in [5.41, 5.74) is 0.270. The maximum absolute atomic E-state index is 3.92. The molecule has 0 fully saturated rings. The molecule has 12 heavy (non-hydrogen) atoms. The highest BCUT2D eigenvalue weighted by Gasteiger charge is 2.10. The summed E-state index contributed by atoms with van der Waals surface area (Å²) < 4.78 is 1.87. The molecule has 0 atom stereocenters. The molecule has 4 nitrogen and oxygen atoms in total. The second-order valence-corrected chi connectivity index (χ2v) is 4.18. The number of hydrogen-bond acceptors (Lipinski definition) is 3. The second kappa shape index (κ2) is 3.13. The predicted octanol–water partition coefficient (Wildman–Crippen LogP) is 1.27. The second-order valence-electron chi connectivity index (χ2n) is 4.18. The van der Waals surface area contributed by atoms with E-state index in [1.807, 2.05) is 11.6 Å². The molecule has 1 aromatic rings. The molecule has 1 N–H and O–H groups in total. The molecule has 0 aliphatic carbocycles. The van der Waals surface area contributed by atoms with Crippen LogP contribution >= 0.6 is 0 Å². The van der Waals surface area contributed by atoms with Gasteiger partial charge in [0.2, 0.25) is 5.95 Å². The van der Waals surface area contributed by atoms with Gasteiger partial charge in [0.25, 0.3) is 0 Å². The highest BCUT2D eigenvalue weighted by Crippen LogP contribution is 2.13. The van der Waals surface area contributed by atoms with E-state index >= 15 is 0 Å². The van der Waals surface area contributed by atoms with Gasteiger partial charge < -0.3 is 9.88 Å². The van der Waals surface area contributed by atoms with E-state index < -0.39 is 0 Å². The van der Waals surface area contributed by atoms with Crippen LogP contribution in [0, 0.1) is 5.41 Å². The lowest BCUT2D eigenvalue weighted by Gasteiger charge is -2.18. The van der Waals surface area contributed by atoms with E-state index in [0.717, 1.165) is 12.5 Å². The van der Waals surface area contributed by atoms with E-state index in [1.165, 1.54) is 0 Å². The van der Waals surface area contributed by atoms with Gasteiger partial charge in [-0.15, -0.1) is 10.2 Å². The van der Waals surface area contributed by atoms with Crippen molar-refractivity contribution in [3.05, 3.63) is 6.33 Å². The van der Waals surface area contributed by atoms with Crippen molar-refractivity contribution >= 4 is 5.95 Å². The number of rotatable bonds is 2. The molecule has 1 heterocycles. The standard InChI is InChI=1S/C8H16N4/c1-8(2,3)5-9-7-11-10-6-12(7)4/h6H,5H2,1-4H3,(H,9,11). The van der Waals surface area contributed by atoms with Gasteiger partial charge in [0.15, 0.2) is 0 Å². The Balaban J connectivity index is 2.49. The van der Waals surface area contributed by atoms with Crippen molar-refractivity contribution in [3.63, 3.8) is 0 Å². The Morgan fingerprint density at radius 2 is 2.17 bits per heavy atom. The molecule has 68 valence electrons. The molecule has 4 heteroatoms. The molecular weight excluding hydrogens is 152 g/mol. The summed E-state index contributed by atoms with van der Waals surface area (Å²) in [5.74, 6) is 0.824. The van der Waals surface area contributed by atoms with Crippen LogP contribution in [0.3, 0.4) is 0 Å². The minimum absolute atomic E-state index is 0.270. The third-order valence-corrected chi connectivity index (χ3v) is 1.49. The quantitative estimate of drug-likeness (QED) is 0.723. The molecule has 0 unspecified atom stereocenters. The highest BCUT2D eigenvalue weighted by molar-refractivity contribution is 5.22. The third kappa shape index (κ3) is 2.53. The number of nitrogens with zero attached hydrogens (tertiary/aromatic N) is 3. The van der Waals surface area contributed by atoms with Gasteiger partial charge in [0.1, 0.15) is 6.33 Å². The van der Waals surface area contributed by atoms with Crippen LogP contribution in [-0.4, -0.2) is 21.3 Å². The van der Waals surface area contributed by atoms with Crippen molar-refractivity contribution in [3.8, 4) is 0 Å². The molecule has 0 aliphatic heterocycles. The molecular formula is C8H16N4. The van der Waals surface area contributed by atoms with Crippen LogP contribution in [0.4, 0.5) is 5.95 Å². The van der Waals surface area contributed by atoms with E-state index in [4.69, 9.17) is 0 Å². The Morgan fingerprint density at radius 1 is 1.50 bits per heavy atom. The lowest BCUT2D eigenvalue weighted by atomic mass is 9.97. The Morgan fingerprint density at radius 3 is 2.58 bits per heavy atom. The Kier molecular flexibility index (Phi) is 2.35. The molecule has 0 saturated heterocycles. The van der Waals surface area contributed by atoms with Crippen LogP contribution in [-0.2, 0) is 7.05 Å². The SMILES string of the molecule is Cn1cnnc1NCC(C)(C)C. The minimum Gasteiger partial charge on any atom is -0.354 e. The van der Waals surface area contributed by atoms with Crippen LogP contribution in [0.1, 0.15) is 20.8 Å². The fourth-order valence-corrected chi connectivity index (χ4v) is 0.787. The Bertz CT molecular complexity index is 246. The largest absolute Gasteiger partial charge is 0.354 e. The normalized spacial score (nSPS) is 11.7. The summed E-state index contributed by atoms with van der Waals surface area (Å²) in [6.07, 6.45) is 1.69. The van der Waals surface area contributed by atoms with E-state index in [9.17, 15) is 0 Å². The number of hydrogen-bond donors (Lipinski definition) is 1. The molecule has 1 aromatic heterocycles. The molecule has 0 aromatic carbocycles. The maximum Gasteiger partial charge on any atom is 0.224 e. The van der Waals surface area contributed by atoms with Gasteiger partial charge in [-0.25, -0.2) is 0 Å². The average molecular weight is 168 g/mol. The van der Waals surface area contributed by atoms with E-state index in [0.29, 0.717) is 0 Å². The molecule has 0 saturated carbocycles. The van der Waals surface area contributed by atoms with Crippen molar-refractivity contribution in [1.82, 2.24) is 14.8 Å². The summed E-state index contributed by atoms with van der Waals surface area (Å²) in [6.45, 7) is 7.43. The third-order valence-electron chi connectivity index (χ3n) is 1.49. The number of anilines is 1. The fraction of sp³-hybridized carbons (Fsp3) is 0.750. The van der Waals surface area contributed by atoms with Gasteiger partial charge in [-0.2, -0.15) is 0 Å². The average Bonchev–Trinajstić information content (AvgIpc) is 2.29. The summed E-state index contributed by atoms with van der Waals surface area (Å²) in [7, 11) is 1.92. The first-order valence-electron chi connectivity index (χ1n) is 4.07. The topological polar surface area (TPSA) is 42.7 Å². The van der Waals surface area contributed by atoms with Gasteiger partial charge in [-0.3, -0.25) is 0 Å². The zero-order valence-corrected chi connectivity index (χ0v) is 8.13. The minimum atomic E-state index is 0.270. The van der Waals surface area contributed by atoms with Gasteiger partial charge in [0.05, 0.1) is 0 Å². The first kappa shape index (κ1) is 9.03. The van der Waals surface area contributed by atoms with Crippen molar-refractivity contribution in [2.24, 2.45) is 12.5 Å². The van der Waals surface area contributed by atoms with Crippen LogP contribution in [0.25, 0.3) is 0 Å². The van der Waals surface area contributed by atoms with Crippen LogP contribution < -0.4 is 5.32 Å². The molecule has 0 bridgehead atoms. The molecule has 0 spiro atoms. The maximum atomic E-state index is 3.92. The van der Waals surface area contributed by atoms with E-state index in [1.54, 1.807) is 6.33 Å². The van der Waals surface area contributed by atoms with Crippen LogP contribution in [0.2, 0.25) is 0 Å². The zero-order valence-electron chi connectivity index (χ0n) is 8.13. The molecule has 0 amide bonds. The van der Waals surface area contributed by atoms with Gasteiger partial charge in [0, 0.05) is 13.6 Å². The Hall–Kier alpha value is -1.06. The van der Waals surface area contributed by atoms with Crippen LogP contribution in [0.15, 0.2) is 6.33 Å². The highest BCUT2D eigenvalue weighted by atomic mass is 15.3. The number of aromatic nitrogens is 3. The summed E-state index contributed by atoms with van der Waals surface area (Å²) >= 11 is 0. The van der Waals surface area contributed by atoms with Crippen molar-refractivity contribution in [2.45, 2.75) is 20.8 Å². The lowest BCUT2D eigenvalue weighted by molar-refractivity contribution is 0.441. The van der Waals surface area contributed by atoms with E-state index in [2.05, 4.69) is 36.3 Å². The van der Waals surface area contributed by atoms with Crippen molar-refractivity contribution in [1.29, 1.82) is 0 Å². The smallest absolute Gasteiger partial charge is 0.224 e. The summed E-state index contributed by atoms with van der Waals surface area (Å²) in [6, 6.07) is 0. The number of aryl methyl sites for hydroxylation is 1. The van der Waals surface area contributed by atoms with Crippen molar-refractivity contribution in [2.75, 3.05) is 11.9 Å². The Labute approximate surface area is 73.0 Å². The molecule has 0 aliphatic rings. The van der Waals surface area contributed by atoms with Gasteiger partial charge in [-0.05, 0) is 5.41 Å². The molecule has 1 rings (SSSR count). The fourth-order valence-electron chi connectivity index (χ4n) is 0.787. The zero-order chi connectivity index (χ0) is 9.19. The van der Waals surface area contributed by atoms with Gasteiger partial charge in [-0.1, -0.05) is 20.8 Å². The predicted molar refractivity (Wildman–Crippen MR) is 48.9 cm³/mol. The first-order chi connectivity index (χ1) is 5.49.